The molecule has 0 radical (unpaired) electrons. The van der Waals surface area contributed by atoms with E-state index in [1.165, 1.54) is 6.33 Å². The third kappa shape index (κ3) is 2.84. The molecule has 2 aromatic heterocycles. The highest BCUT2D eigenvalue weighted by Crippen LogP contribution is 2.40. The van der Waals surface area contributed by atoms with Crippen molar-refractivity contribution in [3.8, 4) is 0 Å². The van der Waals surface area contributed by atoms with E-state index in [0.717, 1.165) is 23.9 Å². The molecule has 1 aliphatic rings. The zero-order valence-electron chi connectivity index (χ0n) is 12.6. The van der Waals surface area contributed by atoms with Crippen molar-refractivity contribution in [2.45, 2.75) is 44.6 Å². The van der Waals surface area contributed by atoms with Gasteiger partial charge in [-0.05, 0) is 32.8 Å². The highest BCUT2D eigenvalue weighted by molar-refractivity contribution is 6.33. The van der Waals surface area contributed by atoms with Gasteiger partial charge in [-0.15, -0.1) is 0 Å². The number of fused-ring (bicyclic) bond motifs is 1. The summed E-state index contributed by atoms with van der Waals surface area (Å²) in [6.07, 6.45) is 4.74. The molecule has 22 heavy (non-hydrogen) atoms. The molecule has 3 atom stereocenters. The molecule has 2 heterocycles. The number of halogens is 1. The van der Waals surface area contributed by atoms with Crippen molar-refractivity contribution in [2.24, 2.45) is 5.92 Å². The number of rotatable bonds is 4. The van der Waals surface area contributed by atoms with Crippen LogP contribution in [0.2, 0.25) is 5.15 Å². The Bertz CT molecular complexity index is 668. The molecule has 7 heteroatoms. The van der Waals surface area contributed by atoms with Crippen LogP contribution in [0, 0.1) is 5.92 Å². The molecule has 120 valence electrons. The summed E-state index contributed by atoms with van der Waals surface area (Å²) in [5, 5.41) is 20.8. The Morgan fingerprint density at radius 3 is 2.86 bits per heavy atom. The van der Waals surface area contributed by atoms with Crippen LogP contribution in [0.5, 0.6) is 0 Å². The summed E-state index contributed by atoms with van der Waals surface area (Å²) >= 11 is 6.10. The molecular formula is C15H20ClN3O3. The van der Waals surface area contributed by atoms with Crippen molar-refractivity contribution in [3.63, 3.8) is 0 Å². The van der Waals surface area contributed by atoms with Crippen molar-refractivity contribution in [1.82, 2.24) is 14.5 Å². The zero-order chi connectivity index (χ0) is 15.9. The summed E-state index contributed by atoms with van der Waals surface area (Å²) < 4.78 is 7.82. The first-order valence-corrected chi connectivity index (χ1v) is 7.76. The minimum atomic E-state index is -1.25. The van der Waals surface area contributed by atoms with Crippen LogP contribution >= 0.6 is 11.6 Å². The van der Waals surface area contributed by atoms with Crippen LogP contribution in [0.3, 0.4) is 0 Å². The second-order valence-corrected chi connectivity index (χ2v) is 6.60. The minimum absolute atomic E-state index is 0.00737. The first kappa shape index (κ1) is 15.7. The van der Waals surface area contributed by atoms with Crippen molar-refractivity contribution >= 4 is 22.6 Å². The van der Waals surface area contributed by atoms with Gasteiger partial charge in [0.25, 0.3) is 0 Å². The van der Waals surface area contributed by atoms with Crippen molar-refractivity contribution in [1.29, 1.82) is 0 Å². The van der Waals surface area contributed by atoms with Gasteiger partial charge in [0.15, 0.2) is 5.79 Å². The third-order valence-electron chi connectivity index (χ3n) is 4.15. The Labute approximate surface area is 133 Å². The predicted octanol–water partition coefficient (Wildman–Crippen LogP) is 2.14. The highest BCUT2D eigenvalue weighted by Gasteiger charge is 2.41. The summed E-state index contributed by atoms with van der Waals surface area (Å²) in [5.74, 6) is -1.26. The fraction of sp³-hybridized carbons (Fsp3) is 0.600. The molecule has 2 aromatic rings. The lowest BCUT2D eigenvalue weighted by Crippen LogP contribution is -2.37. The Morgan fingerprint density at radius 1 is 1.41 bits per heavy atom. The topological polar surface area (TPSA) is 80.4 Å². The predicted molar refractivity (Wildman–Crippen MR) is 82.6 cm³/mol. The number of aromatic nitrogens is 3. The molecule has 2 N–H and O–H groups in total. The highest BCUT2D eigenvalue weighted by atomic mass is 35.5. The summed E-state index contributed by atoms with van der Waals surface area (Å²) in [5.41, 5.74) is 0.743. The number of hydrogen-bond acceptors (Lipinski definition) is 5. The van der Waals surface area contributed by atoms with Gasteiger partial charge in [-0.1, -0.05) is 11.6 Å². The lowest BCUT2D eigenvalue weighted by atomic mass is 10.1. The largest absolute Gasteiger partial charge is 0.396 e. The van der Waals surface area contributed by atoms with Gasteiger partial charge in [-0.25, -0.2) is 9.97 Å². The summed E-state index contributed by atoms with van der Waals surface area (Å²) in [4.78, 5) is 8.30. The van der Waals surface area contributed by atoms with Gasteiger partial charge in [0.2, 0.25) is 0 Å². The van der Waals surface area contributed by atoms with Crippen molar-refractivity contribution < 1.29 is 14.9 Å². The zero-order valence-corrected chi connectivity index (χ0v) is 13.4. The average Bonchev–Trinajstić information content (AvgIpc) is 3.01. The summed E-state index contributed by atoms with van der Waals surface area (Å²) in [6.45, 7) is 3.24. The molecule has 3 rings (SSSR count). The number of aliphatic hydroxyl groups excluding tert-OH is 1. The molecular weight excluding hydrogens is 306 g/mol. The normalized spacial score (nSPS) is 26.0. The van der Waals surface area contributed by atoms with Crippen LogP contribution in [0.1, 0.15) is 32.7 Å². The Hall–Kier alpha value is -1.21. The van der Waals surface area contributed by atoms with Gasteiger partial charge in [0.1, 0.15) is 17.1 Å². The van der Waals surface area contributed by atoms with E-state index in [-0.39, 0.29) is 24.7 Å². The van der Waals surface area contributed by atoms with E-state index in [2.05, 4.69) is 9.97 Å². The Balaban J connectivity index is 1.99. The van der Waals surface area contributed by atoms with Gasteiger partial charge >= 0.3 is 0 Å². The summed E-state index contributed by atoms with van der Waals surface area (Å²) in [7, 11) is 0. The molecule has 0 amide bonds. The van der Waals surface area contributed by atoms with E-state index < -0.39 is 5.79 Å². The van der Waals surface area contributed by atoms with Crippen molar-refractivity contribution in [2.75, 3.05) is 6.61 Å². The van der Waals surface area contributed by atoms with Crippen LogP contribution in [-0.2, 0) is 4.74 Å². The van der Waals surface area contributed by atoms with E-state index in [1.807, 2.05) is 16.8 Å². The van der Waals surface area contributed by atoms with E-state index in [0.29, 0.717) is 5.15 Å². The Kier molecular flexibility index (Phi) is 4.11. The number of hydrogen-bond donors (Lipinski definition) is 2. The van der Waals surface area contributed by atoms with Crippen LogP contribution in [0.15, 0.2) is 18.6 Å². The van der Waals surface area contributed by atoms with Gasteiger partial charge in [-0.2, -0.15) is 0 Å². The maximum atomic E-state index is 10.0. The monoisotopic (exact) mass is 325 g/mol. The van der Waals surface area contributed by atoms with Crippen LogP contribution in [0.25, 0.3) is 11.0 Å². The van der Waals surface area contributed by atoms with Crippen molar-refractivity contribution in [3.05, 3.63) is 23.7 Å². The summed E-state index contributed by atoms with van der Waals surface area (Å²) in [6, 6.07) is 1.87. The first-order valence-electron chi connectivity index (χ1n) is 7.39. The first-order chi connectivity index (χ1) is 10.4. The standard InChI is InChI=1S/C15H20ClN3O3/c1-15(2,21)22-12-9(7-20)3-4-11(12)19-6-5-10-13(16)17-8-18-14(10)19/h5-6,8-9,11-12,20-21H,3-4,7H2,1-2H3/t9?,11?,12-/m0/s1. The van der Waals surface area contributed by atoms with Crippen LogP contribution in [0.4, 0.5) is 0 Å². The average molecular weight is 326 g/mol. The lowest BCUT2D eigenvalue weighted by molar-refractivity contribution is -0.221. The molecule has 1 aliphatic carbocycles. The second-order valence-electron chi connectivity index (χ2n) is 6.24. The fourth-order valence-electron chi connectivity index (χ4n) is 3.24. The second kappa shape index (κ2) is 5.77. The molecule has 0 saturated heterocycles. The maximum absolute atomic E-state index is 10.0. The third-order valence-corrected chi connectivity index (χ3v) is 4.46. The minimum Gasteiger partial charge on any atom is -0.396 e. The fourth-order valence-corrected chi connectivity index (χ4v) is 3.43. The number of ether oxygens (including phenoxy) is 1. The molecule has 1 saturated carbocycles. The quantitative estimate of drug-likeness (QED) is 0.665. The number of aliphatic hydroxyl groups is 2. The van der Waals surface area contributed by atoms with Gasteiger partial charge in [-0.3, -0.25) is 0 Å². The smallest absolute Gasteiger partial charge is 0.160 e. The Morgan fingerprint density at radius 2 is 2.18 bits per heavy atom. The molecule has 0 aromatic carbocycles. The van der Waals surface area contributed by atoms with Gasteiger partial charge < -0.3 is 19.5 Å². The van der Waals surface area contributed by atoms with E-state index in [9.17, 15) is 10.2 Å². The molecule has 0 aliphatic heterocycles. The molecule has 0 spiro atoms. The van der Waals surface area contributed by atoms with E-state index in [4.69, 9.17) is 16.3 Å². The lowest BCUT2D eigenvalue weighted by Gasteiger charge is -2.31. The van der Waals surface area contributed by atoms with Crippen LogP contribution in [-0.4, -0.2) is 43.2 Å². The molecule has 1 fully saturated rings. The van der Waals surface area contributed by atoms with Gasteiger partial charge in [0, 0.05) is 18.7 Å². The van der Waals surface area contributed by atoms with Gasteiger partial charge in [0.05, 0.1) is 17.5 Å². The molecule has 6 nitrogen and oxygen atoms in total. The number of nitrogens with zero attached hydrogens (tertiary/aromatic N) is 3. The SMILES string of the molecule is CC(C)(O)O[C@H]1C(CO)CCC1n1ccc2c(Cl)ncnc21. The van der Waals surface area contributed by atoms with E-state index >= 15 is 0 Å². The van der Waals surface area contributed by atoms with E-state index in [1.54, 1.807) is 13.8 Å². The maximum Gasteiger partial charge on any atom is 0.160 e. The van der Waals surface area contributed by atoms with Crippen LogP contribution < -0.4 is 0 Å². The molecule has 0 bridgehead atoms. The molecule has 2 unspecified atom stereocenters.